The molecule has 1 heterocycles. The number of amides is 2. The highest BCUT2D eigenvalue weighted by Gasteiger charge is 2.39. The Hall–Kier alpha value is -1.29. The number of anilines is 1. The van der Waals surface area contributed by atoms with Crippen LogP contribution in [-0.4, -0.2) is 22.8 Å². The Labute approximate surface area is 162 Å². The fourth-order valence-electron chi connectivity index (χ4n) is 3.40. The van der Waals surface area contributed by atoms with E-state index in [9.17, 15) is 9.59 Å². The summed E-state index contributed by atoms with van der Waals surface area (Å²) in [4.78, 5) is 26.1. The minimum atomic E-state index is -0.193. The molecule has 0 bridgehead atoms. The van der Waals surface area contributed by atoms with E-state index in [1.165, 1.54) is 62.7 Å². The summed E-state index contributed by atoms with van der Waals surface area (Å²) >= 11 is 1.66. The van der Waals surface area contributed by atoms with Gasteiger partial charge in [0.2, 0.25) is 11.8 Å². The molecule has 2 rings (SSSR count). The highest BCUT2D eigenvalue weighted by molar-refractivity contribution is 8.00. The predicted octanol–water partition coefficient (Wildman–Crippen LogP) is 5.97. The van der Waals surface area contributed by atoms with Gasteiger partial charge in [0.15, 0.2) is 0 Å². The van der Waals surface area contributed by atoms with Crippen LogP contribution < -0.4 is 4.90 Å². The Balaban J connectivity index is 1.55. The molecule has 144 valence electrons. The molecule has 1 saturated heterocycles. The number of imide groups is 1. The predicted molar refractivity (Wildman–Crippen MR) is 112 cm³/mol. The van der Waals surface area contributed by atoms with Crippen molar-refractivity contribution in [2.45, 2.75) is 82.8 Å². The second kappa shape index (κ2) is 12.2. The monoisotopic (exact) mass is 375 g/mol. The van der Waals surface area contributed by atoms with Crippen LogP contribution >= 0.6 is 11.8 Å². The lowest BCUT2D eigenvalue weighted by molar-refractivity contribution is -0.121. The summed E-state index contributed by atoms with van der Waals surface area (Å²) in [5.74, 6) is 0.864. The van der Waals surface area contributed by atoms with E-state index in [1.54, 1.807) is 11.8 Å². The van der Waals surface area contributed by atoms with Gasteiger partial charge < -0.3 is 0 Å². The van der Waals surface area contributed by atoms with Gasteiger partial charge in [-0.3, -0.25) is 9.59 Å². The number of nitrogens with zero attached hydrogens (tertiary/aromatic N) is 1. The zero-order valence-corrected chi connectivity index (χ0v) is 16.9. The van der Waals surface area contributed by atoms with Crippen LogP contribution in [0.3, 0.4) is 0 Å². The lowest BCUT2D eigenvalue weighted by Gasteiger charge is -2.14. The van der Waals surface area contributed by atoms with Crippen LogP contribution in [0.1, 0.15) is 77.6 Å². The second-order valence-electron chi connectivity index (χ2n) is 7.15. The zero-order chi connectivity index (χ0) is 18.6. The van der Waals surface area contributed by atoms with Crippen molar-refractivity contribution in [1.29, 1.82) is 0 Å². The standard InChI is InChI=1S/C22H33NO2S/c1-2-3-4-5-6-7-8-9-10-14-17-26-20-18-21(24)23(22(20)25)19-15-12-11-13-16-19/h11-13,15-16,20H,2-10,14,17-18H2,1H3/t20-/m1/s1. The number of unbranched alkanes of at least 4 members (excludes halogenated alkanes) is 9. The third-order valence-electron chi connectivity index (χ3n) is 4.94. The third kappa shape index (κ3) is 6.79. The van der Waals surface area contributed by atoms with Crippen LogP contribution in [0.2, 0.25) is 0 Å². The van der Waals surface area contributed by atoms with Crippen molar-refractivity contribution in [3.8, 4) is 0 Å². The SMILES string of the molecule is CCCCCCCCCCCCS[C@@H]1CC(=O)N(c2ccccc2)C1=O. The molecule has 1 fully saturated rings. The van der Waals surface area contributed by atoms with E-state index in [2.05, 4.69) is 6.92 Å². The average Bonchev–Trinajstić information content (AvgIpc) is 2.94. The van der Waals surface area contributed by atoms with Gasteiger partial charge in [0, 0.05) is 6.42 Å². The second-order valence-corrected chi connectivity index (χ2v) is 8.46. The zero-order valence-electron chi connectivity index (χ0n) is 16.1. The van der Waals surface area contributed by atoms with Gasteiger partial charge in [0.05, 0.1) is 10.9 Å². The Morgan fingerprint density at radius 3 is 2.08 bits per heavy atom. The molecular weight excluding hydrogens is 342 g/mol. The van der Waals surface area contributed by atoms with E-state index in [1.807, 2.05) is 30.3 Å². The number of para-hydroxylation sites is 1. The first kappa shape index (κ1) is 21.0. The minimum Gasteiger partial charge on any atom is -0.274 e. The lowest BCUT2D eigenvalue weighted by atomic mass is 10.1. The van der Waals surface area contributed by atoms with E-state index in [0.29, 0.717) is 12.1 Å². The van der Waals surface area contributed by atoms with E-state index < -0.39 is 0 Å². The van der Waals surface area contributed by atoms with E-state index >= 15 is 0 Å². The Bertz CT molecular complexity index is 546. The molecule has 0 spiro atoms. The molecule has 3 nitrogen and oxygen atoms in total. The number of carbonyl (C=O) groups excluding carboxylic acids is 2. The van der Waals surface area contributed by atoms with Gasteiger partial charge in [-0.05, 0) is 24.3 Å². The normalized spacial score (nSPS) is 17.3. The molecule has 0 N–H and O–H groups in total. The molecule has 0 saturated carbocycles. The quantitative estimate of drug-likeness (QED) is 0.315. The molecule has 0 unspecified atom stereocenters. The summed E-state index contributed by atoms with van der Waals surface area (Å²) in [5, 5.41) is -0.193. The highest BCUT2D eigenvalue weighted by atomic mass is 32.2. The van der Waals surface area contributed by atoms with Crippen LogP contribution in [0.5, 0.6) is 0 Å². The molecule has 0 aromatic heterocycles. The van der Waals surface area contributed by atoms with E-state index in [4.69, 9.17) is 0 Å². The van der Waals surface area contributed by atoms with Gasteiger partial charge in [-0.15, -0.1) is 11.8 Å². The summed E-state index contributed by atoms with van der Waals surface area (Å²) in [6.07, 6.45) is 13.6. The lowest BCUT2D eigenvalue weighted by Crippen LogP contribution is -2.31. The maximum Gasteiger partial charge on any atom is 0.247 e. The van der Waals surface area contributed by atoms with Crippen LogP contribution in [0.25, 0.3) is 0 Å². The summed E-state index contributed by atoms with van der Waals surface area (Å²) in [5.41, 5.74) is 0.699. The van der Waals surface area contributed by atoms with Crippen molar-refractivity contribution >= 4 is 29.3 Å². The summed E-state index contributed by atoms with van der Waals surface area (Å²) in [6, 6.07) is 9.27. The fourth-order valence-corrected chi connectivity index (χ4v) is 4.56. The number of hydrogen-bond donors (Lipinski definition) is 0. The fraction of sp³-hybridized carbons (Fsp3) is 0.636. The summed E-state index contributed by atoms with van der Waals surface area (Å²) in [7, 11) is 0. The smallest absolute Gasteiger partial charge is 0.247 e. The first-order valence-corrected chi connectivity index (χ1v) is 11.3. The number of rotatable bonds is 13. The topological polar surface area (TPSA) is 37.4 Å². The molecule has 2 amide bonds. The molecule has 4 heteroatoms. The first-order chi connectivity index (χ1) is 12.7. The summed E-state index contributed by atoms with van der Waals surface area (Å²) in [6.45, 7) is 2.26. The van der Waals surface area contributed by atoms with Crippen molar-refractivity contribution in [2.75, 3.05) is 10.7 Å². The van der Waals surface area contributed by atoms with Gasteiger partial charge in [-0.1, -0.05) is 82.9 Å². The molecule has 1 aliphatic heterocycles. The summed E-state index contributed by atoms with van der Waals surface area (Å²) < 4.78 is 0. The van der Waals surface area contributed by atoms with Gasteiger partial charge in [0.1, 0.15) is 0 Å². The molecule has 1 atom stereocenters. The third-order valence-corrected chi connectivity index (χ3v) is 6.23. The molecule has 0 radical (unpaired) electrons. The molecule has 26 heavy (non-hydrogen) atoms. The Morgan fingerprint density at radius 2 is 1.46 bits per heavy atom. The minimum absolute atomic E-state index is 0.0433. The average molecular weight is 376 g/mol. The van der Waals surface area contributed by atoms with Crippen molar-refractivity contribution in [3.63, 3.8) is 0 Å². The van der Waals surface area contributed by atoms with Crippen molar-refractivity contribution in [2.24, 2.45) is 0 Å². The number of thioether (sulfide) groups is 1. The van der Waals surface area contributed by atoms with Gasteiger partial charge in [-0.2, -0.15) is 0 Å². The first-order valence-electron chi connectivity index (χ1n) is 10.3. The molecule has 1 aromatic rings. The number of benzene rings is 1. The largest absolute Gasteiger partial charge is 0.274 e. The maximum atomic E-state index is 12.5. The number of hydrogen-bond acceptors (Lipinski definition) is 3. The van der Waals surface area contributed by atoms with Crippen molar-refractivity contribution in [1.82, 2.24) is 0 Å². The maximum absolute atomic E-state index is 12.5. The van der Waals surface area contributed by atoms with E-state index in [0.717, 1.165) is 12.2 Å². The van der Waals surface area contributed by atoms with Crippen molar-refractivity contribution < 1.29 is 9.59 Å². The van der Waals surface area contributed by atoms with Crippen LogP contribution in [0.15, 0.2) is 30.3 Å². The molecule has 1 aromatic carbocycles. The highest BCUT2D eigenvalue weighted by Crippen LogP contribution is 2.30. The van der Waals surface area contributed by atoms with Gasteiger partial charge >= 0.3 is 0 Å². The van der Waals surface area contributed by atoms with Gasteiger partial charge in [-0.25, -0.2) is 4.90 Å². The van der Waals surface area contributed by atoms with Gasteiger partial charge in [0.25, 0.3) is 0 Å². The van der Waals surface area contributed by atoms with Crippen LogP contribution in [-0.2, 0) is 9.59 Å². The van der Waals surface area contributed by atoms with E-state index in [-0.39, 0.29) is 17.1 Å². The molecular formula is C22H33NO2S. The Kier molecular flexibility index (Phi) is 9.83. The van der Waals surface area contributed by atoms with Crippen LogP contribution in [0, 0.1) is 0 Å². The Morgan fingerprint density at radius 1 is 0.885 bits per heavy atom. The van der Waals surface area contributed by atoms with Crippen molar-refractivity contribution in [3.05, 3.63) is 30.3 Å². The number of carbonyl (C=O) groups is 2. The van der Waals surface area contributed by atoms with Crippen LogP contribution in [0.4, 0.5) is 5.69 Å². The molecule has 1 aliphatic rings. The molecule has 0 aliphatic carbocycles.